The molecule has 162 valence electrons. The Balaban J connectivity index is 0.000000645. The van der Waals surface area contributed by atoms with E-state index in [1.54, 1.807) is 0 Å². The van der Waals surface area contributed by atoms with Crippen LogP contribution in [0.3, 0.4) is 0 Å². The van der Waals surface area contributed by atoms with Gasteiger partial charge in [0, 0.05) is 36.5 Å². The first-order chi connectivity index (χ1) is 13.6. The molecule has 0 aromatic carbocycles. The smallest absolute Gasteiger partial charge is 0.175 e. The fraction of sp³-hybridized carbons (Fsp3) is 0.826. The Bertz CT molecular complexity index is 741. The molecule has 0 aromatic rings. The number of ether oxygens (including phenoxy) is 2. The molecule has 5 aliphatic rings. The quantitative estimate of drug-likeness (QED) is 0.386. The van der Waals surface area contributed by atoms with Crippen molar-refractivity contribution < 1.29 is 19.1 Å². The Labute approximate surface area is 183 Å². The van der Waals surface area contributed by atoms with Gasteiger partial charge in [0.2, 0.25) is 0 Å². The van der Waals surface area contributed by atoms with Gasteiger partial charge in [-0.15, -0.1) is 23.2 Å². The van der Waals surface area contributed by atoms with Crippen LogP contribution in [-0.2, 0) is 19.1 Å². The normalized spacial score (nSPS) is 44.2. The van der Waals surface area contributed by atoms with E-state index in [4.69, 9.17) is 32.7 Å². The zero-order valence-corrected chi connectivity index (χ0v) is 19.2. The van der Waals surface area contributed by atoms with Gasteiger partial charge in [0.1, 0.15) is 11.6 Å². The maximum Gasteiger partial charge on any atom is 0.175 e. The third kappa shape index (κ3) is 2.92. The monoisotopic (exact) mass is 442 g/mol. The SMILES string of the molecule is C=C1C[C@@]23CC(=O)[C@@H]4C(C)(C)CCC(=O)[C@@]4(C)[C@@H]2CC2(OCCO2)[C@@H]1C3.ClCCl. The fourth-order valence-electron chi connectivity index (χ4n) is 7.91. The van der Waals surface area contributed by atoms with Crippen LogP contribution >= 0.6 is 23.2 Å². The van der Waals surface area contributed by atoms with Crippen molar-refractivity contribution in [2.75, 3.05) is 18.6 Å². The third-order valence-electron chi connectivity index (χ3n) is 8.77. The molecule has 5 fully saturated rings. The molecule has 4 nitrogen and oxygen atoms in total. The Morgan fingerprint density at radius 3 is 2.31 bits per heavy atom. The van der Waals surface area contributed by atoms with Crippen molar-refractivity contribution in [1.29, 1.82) is 0 Å². The van der Waals surface area contributed by atoms with Crippen molar-refractivity contribution in [2.24, 2.45) is 34.0 Å². The van der Waals surface area contributed by atoms with Crippen LogP contribution in [0.25, 0.3) is 0 Å². The number of carbonyl (C=O) groups is 2. The average Bonchev–Trinajstić information content (AvgIpc) is 3.19. The Morgan fingerprint density at radius 1 is 1.07 bits per heavy atom. The summed E-state index contributed by atoms with van der Waals surface area (Å²) in [5.41, 5.74) is 0.313. The van der Waals surface area contributed by atoms with Crippen LogP contribution in [0.15, 0.2) is 12.2 Å². The molecule has 1 aliphatic heterocycles. The van der Waals surface area contributed by atoms with Gasteiger partial charge in [-0.25, -0.2) is 0 Å². The van der Waals surface area contributed by atoms with E-state index in [0.717, 1.165) is 31.3 Å². The molecule has 5 rings (SSSR count). The van der Waals surface area contributed by atoms with Crippen LogP contribution in [0.1, 0.15) is 59.3 Å². The number of halogens is 2. The minimum absolute atomic E-state index is 0.117. The van der Waals surface area contributed by atoms with E-state index >= 15 is 0 Å². The van der Waals surface area contributed by atoms with E-state index in [2.05, 4.69) is 27.4 Å². The summed E-state index contributed by atoms with van der Waals surface area (Å²) in [6.07, 6.45) is 4.46. The lowest BCUT2D eigenvalue weighted by Gasteiger charge is -2.63. The van der Waals surface area contributed by atoms with Gasteiger partial charge in [0.15, 0.2) is 5.79 Å². The maximum atomic E-state index is 13.4. The van der Waals surface area contributed by atoms with Gasteiger partial charge in [0.05, 0.1) is 18.6 Å². The second-order valence-electron chi connectivity index (χ2n) is 10.6. The average molecular weight is 443 g/mol. The van der Waals surface area contributed by atoms with Crippen LogP contribution in [0.2, 0.25) is 0 Å². The zero-order valence-electron chi connectivity index (χ0n) is 17.7. The summed E-state index contributed by atoms with van der Waals surface area (Å²) in [7, 11) is 0. The molecule has 6 heteroatoms. The molecule has 5 atom stereocenters. The lowest BCUT2D eigenvalue weighted by molar-refractivity contribution is -0.247. The first-order valence-corrected chi connectivity index (χ1v) is 11.8. The zero-order chi connectivity index (χ0) is 21.2. The molecule has 2 spiro atoms. The first kappa shape index (κ1) is 21.8. The summed E-state index contributed by atoms with van der Waals surface area (Å²) in [6, 6.07) is 0. The van der Waals surface area contributed by atoms with Crippen LogP contribution < -0.4 is 0 Å². The summed E-state index contributed by atoms with van der Waals surface area (Å²) in [5, 5.41) is 0.194. The van der Waals surface area contributed by atoms with Crippen LogP contribution in [0.5, 0.6) is 0 Å². The number of ketones is 2. The molecular weight excluding hydrogens is 411 g/mol. The topological polar surface area (TPSA) is 52.6 Å². The third-order valence-corrected chi connectivity index (χ3v) is 8.77. The number of fused-ring (bicyclic) bond motifs is 4. The molecule has 1 heterocycles. The predicted molar refractivity (Wildman–Crippen MR) is 113 cm³/mol. The summed E-state index contributed by atoms with van der Waals surface area (Å²) < 4.78 is 12.4. The molecule has 0 radical (unpaired) electrons. The summed E-state index contributed by atoms with van der Waals surface area (Å²) in [4.78, 5) is 26.7. The molecule has 4 aliphatic carbocycles. The minimum atomic E-state index is -0.614. The number of hydrogen-bond acceptors (Lipinski definition) is 4. The van der Waals surface area contributed by atoms with Crippen LogP contribution in [0.4, 0.5) is 0 Å². The molecule has 4 saturated carbocycles. The van der Waals surface area contributed by atoms with E-state index in [-0.39, 0.29) is 39.7 Å². The molecular formula is C23H32Cl2O4. The largest absolute Gasteiger partial charge is 0.347 e. The Hall–Kier alpha value is -0.420. The van der Waals surface area contributed by atoms with Crippen LogP contribution in [0, 0.1) is 34.0 Å². The van der Waals surface area contributed by atoms with E-state index in [0.29, 0.717) is 31.8 Å². The standard InChI is InChI=1S/C22H30O4.CH2Cl2/c1-13-9-21-10-14(13)22(25-7-8-26-22)12-16(21)20(4)17(24)5-6-19(2,3)18(20)15(23)11-21;2-1-3/h14,16,18H,1,5-12H2,2-4H3;1H2/t14-,16+,18-,20-,21-;/m1./s1. The minimum Gasteiger partial charge on any atom is -0.347 e. The van der Waals surface area contributed by atoms with Crippen molar-refractivity contribution in [3.05, 3.63) is 12.2 Å². The van der Waals surface area contributed by atoms with E-state index < -0.39 is 11.2 Å². The van der Waals surface area contributed by atoms with Gasteiger partial charge in [-0.05, 0) is 36.0 Å². The first-order valence-electron chi connectivity index (χ1n) is 10.7. The lowest BCUT2D eigenvalue weighted by atomic mass is 9.40. The highest BCUT2D eigenvalue weighted by molar-refractivity contribution is 6.40. The van der Waals surface area contributed by atoms with Gasteiger partial charge in [-0.3, -0.25) is 9.59 Å². The number of hydrogen-bond donors (Lipinski definition) is 0. The van der Waals surface area contributed by atoms with Crippen molar-refractivity contribution in [3.8, 4) is 0 Å². The van der Waals surface area contributed by atoms with Crippen molar-refractivity contribution in [3.63, 3.8) is 0 Å². The molecule has 29 heavy (non-hydrogen) atoms. The summed E-state index contributed by atoms with van der Waals surface area (Å²) in [5.74, 6) is 0.0928. The predicted octanol–water partition coefficient (Wildman–Crippen LogP) is 5.11. The van der Waals surface area contributed by atoms with E-state index in [1.807, 2.05) is 0 Å². The van der Waals surface area contributed by atoms with Crippen molar-refractivity contribution in [1.82, 2.24) is 0 Å². The highest BCUT2D eigenvalue weighted by Gasteiger charge is 2.73. The summed E-state index contributed by atoms with van der Waals surface area (Å²) >= 11 is 9.53. The number of carbonyl (C=O) groups excluding carboxylic acids is 2. The molecule has 0 amide bonds. The summed E-state index contributed by atoms with van der Waals surface area (Å²) in [6.45, 7) is 12.0. The highest BCUT2D eigenvalue weighted by Crippen LogP contribution is 2.72. The fourth-order valence-corrected chi connectivity index (χ4v) is 7.91. The van der Waals surface area contributed by atoms with Gasteiger partial charge in [0.25, 0.3) is 0 Å². The molecule has 1 saturated heterocycles. The molecule has 2 bridgehead atoms. The highest BCUT2D eigenvalue weighted by atomic mass is 35.5. The Kier molecular flexibility index (Phi) is 5.30. The van der Waals surface area contributed by atoms with Gasteiger partial charge < -0.3 is 9.47 Å². The van der Waals surface area contributed by atoms with Crippen LogP contribution in [-0.4, -0.2) is 35.9 Å². The van der Waals surface area contributed by atoms with Gasteiger partial charge in [-0.1, -0.05) is 32.9 Å². The molecule has 0 unspecified atom stereocenters. The number of Topliss-reactive ketones (excluding diaryl/α,β-unsaturated/α-hetero) is 2. The lowest BCUT2D eigenvalue weighted by Crippen LogP contribution is -2.65. The van der Waals surface area contributed by atoms with E-state index in [9.17, 15) is 9.59 Å². The number of alkyl halides is 2. The number of rotatable bonds is 0. The van der Waals surface area contributed by atoms with Gasteiger partial charge in [-0.2, -0.15) is 0 Å². The second kappa shape index (κ2) is 7.05. The second-order valence-corrected chi connectivity index (χ2v) is 11.4. The maximum absolute atomic E-state index is 13.4. The molecule has 0 aromatic heterocycles. The van der Waals surface area contributed by atoms with Gasteiger partial charge >= 0.3 is 0 Å². The van der Waals surface area contributed by atoms with Crippen molar-refractivity contribution >= 4 is 34.8 Å². The van der Waals surface area contributed by atoms with E-state index in [1.165, 1.54) is 0 Å². The van der Waals surface area contributed by atoms with Crippen molar-refractivity contribution in [2.45, 2.75) is 65.1 Å². The molecule has 0 N–H and O–H groups in total. The Morgan fingerprint density at radius 2 is 1.69 bits per heavy atom.